The lowest BCUT2D eigenvalue weighted by Crippen LogP contribution is -2.37. The first-order chi connectivity index (χ1) is 10.1. The van der Waals surface area contributed by atoms with Gasteiger partial charge in [-0.25, -0.2) is 9.59 Å². The number of amides is 2. The monoisotopic (exact) mass is 291 g/mol. The zero-order valence-corrected chi connectivity index (χ0v) is 11.7. The summed E-state index contributed by atoms with van der Waals surface area (Å²) >= 11 is 0. The summed E-state index contributed by atoms with van der Waals surface area (Å²) in [7, 11) is 1.61. The number of aryl methyl sites for hydroxylation is 1. The second-order valence-electron chi connectivity index (χ2n) is 4.50. The number of urea groups is 1. The van der Waals surface area contributed by atoms with Crippen LogP contribution in [0.25, 0.3) is 11.1 Å². The van der Waals surface area contributed by atoms with Gasteiger partial charge in [0.05, 0.1) is 12.1 Å². The van der Waals surface area contributed by atoms with E-state index in [2.05, 4.69) is 11.9 Å². The van der Waals surface area contributed by atoms with Crippen molar-refractivity contribution >= 4 is 22.8 Å². The first-order valence-corrected chi connectivity index (χ1v) is 6.44. The van der Waals surface area contributed by atoms with E-state index >= 15 is 0 Å². The van der Waals surface area contributed by atoms with Gasteiger partial charge >= 0.3 is 11.8 Å². The van der Waals surface area contributed by atoms with E-state index < -0.39 is 5.76 Å². The van der Waals surface area contributed by atoms with Crippen molar-refractivity contribution in [3.8, 4) is 0 Å². The van der Waals surface area contributed by atoms with Crippen molar-refractivity contribution in [2.45, 2.75) is 0 Å². The number of rotatable bonds is 5. The third kappa shape index (κ3) is 3.14. The molecule has 0 fully saturated rings. The van der Waals surface area contributed by atoms with Crippen molar-refractivity contribution in [1.82, 2.24) is 9.47 Å². The van der Waals surface area contributed by atoms with Gasteiger partial charge in [0.1, 0.15) is 0 Å². The Hall–Kier alpha value is -2.54. The number of carbonyl (C=O) groups excluding carboxylic acids is 1. The highest BCUT2D eigenvalue weighted by Crippen LogP contribution is 2.18. The number of oxazole rings is 1. The van der Waals surface area contributed by atoms with Crippen molar-refractivity contribution < 1.29 is 14.3 Å². The number of benzene rings is 1. The molecular formula is C14H17N3O4. The quantitative estimate of drug-likeness (QED) is 0.809. The van der Waals surface area contributed by atoms with E-state index in [1.807, 2.05) is 0 Å². The molecule has 1 aromatic heterocycles. The molecule has 0 atom stereocenters. The molecule has 0 aliphatic rings. The number of hydrogen-bond acceptors (Lipinski definition) is 4. The van der Waals surface area contributed by atoms with Crippen molar-refractivity contribution in [3.63, 3.8) is 0 Å². The Morgan fingerprint density at radius 3 is 3.00 bits per heavy atom. The van der Waals surface area contributed by atoms with E-state index in [4.69, 9.17) is 9.52 Å². The number of fused-ring (bicyclic) bond motifs is 1. The molecule has 0 spiro atoms. The summed E-state index contributed by atoms with van der Waals surface area (Å²) in [4.78, 5) is 24.9. The third-order valence-electron chi connectivity index (χ3n) is 3.05. The second kappa shape index (κ2) is 6.27. The molecule has 1 aromatic carbocycles. The fraction of sp³-hybridized carbons (Fsp3) is 0.286. The Balaban J connectivity index is 2.20. The lowest BCUT2D eigenvalue weighted by molar-refractivity contribution is 0.195. The number of aromatic nitrogens is 1. The topological polar surface area (TPSA) is 87.7 Å². The lowest BCUT2D eigenvalue weighted by atomic mass is 10.3. The van der Waals surface area contributed by atoms with Gasteiger partial charge in [-0.3, -0.25) is 4.57 Å². The molecule has 0 saturated heterocycles. The second-order valence-corrected chi connectivity index (χ2v) is 4.50. The molecule has 0 aliphatic carbocycles. The maximum absolute atomic E-state index is 12.1. The van der Waals surface area contributed by atoms with Crippen molar-refractivity contribution in [2.75, 3.05) is 25.0 Å². The number of hydrogen-bond donors (Lipinski definition) is 2. The fourth-order valence-corrected chi connectivity index (χ4v) is 1.97. The van der Waals surface area contributed by atoms with Gasteiger partial charge in [-0.15, -0.1) is 6.58 Å². The van der Waals surface area contributed by atoms with Gasteiger partial charge in [0.2, 0.25) is 0 Å². The van der Waals surface area contributed by atoms with Crippen LogP contribution < -0.4 is 11.1 Å². The Labute approximate surface area is 121 Å². The van der Waals surface area contributed by atoms with Crippen LogP contribution in [0.15, 0.2) is 40.1 Å². The fourth-order valence-electron chi connectivity index (χ4n) is 1.97. The number of anilines is 1. The molecule has 0 aliphatic heterocycles. The number of nitrogens with zero attached hydrogens (tertiary/aromatic N) is 2. The average molecular weight is 291 g/mol. The summed E-state index contributed by atoms with van der Waals surface area (Å²) < 4.78 is 6.45. The molecule has 0 saturated carbocycles. The lowest BCUT2D eigenvalue weighted by Gasteiger charge is -2.20. The SMILES string of the molecule is C=CCN(CCO)C(=O)Nc1ccc2c(c1)oc(=O)n2C. The van der Waals surface area contributed by atoms with E-state index in [-0.39, 0.29) is 19.2 Å². The first-order valence-electron chi connectivity index (χ1n) is 6.44. The van der Waals surface area contributed by atoms with Crippen LogP contribution in [0.5, 0.6) is 0 Å². The number of carbonyl (C=O) groups is 1. The Morgan fingerprint density at radius 1 is 1.57 bits per heavy atom. The first kappa shape index (κ1) is 14.9. The molecular weight excluding hydrogens is 274 g/mol. The minimum Gasteiger partial charge on any atom is -0.408 e. The van der Waals surface area contributed by atoms with Gasteiger partial charge in [-0.1, -0.05) is 6.08 Å². The van der Waals surface area contributed by atoms with Crippen LogP contribution in [-0.4, -0.2) is 40.3 Å². The number of aliphatic hydroxyl groups is 1. The van der Waals surface area contributed by atoms with E-state index in [0.29, 0.717) is 23.3 Å². The molecule has 7 heteroatoms. The largest absolute Gasteiger partial charge is 0.419 e. The van der Waals surface area contributed by atoms with Crippen LogP contribution >= 0.6 is 0 Å². The molecule has 0 bridgehead atoms. The minimum absolute atomic E-state index is 0.131. The van der Waals surface area contributed by atoms with Crippen LogP contribution in [0.3, 0.4) is 0 Å². The highest BCUT2D eigenvalue weighted by molar-refractivity contribution is 5.91. The van der Waals surface area contributed by atoms with Crippen LogP contribution in [0.4, 0.5) is 10.5 Å². The van der Waals surface area contributed by atoms with Crippen LogP contribution in [-0.2, 0) is 7.05 Å². The molecule has 0 radical (unpaired) electrons. The maximum atomic E-state index is 12.1. The third-order valence-corrected chi connectivity index (χ3v) is 3.05. The zero-order valence-electron chi connectivity index (χ0n) is 11.7. The van der Waals surface area contributed by atoms with E-state index in [1.54, 1.807) is 31.3 Å². The smallest absolute Gasteiger partial charge is 0.408 e. The highest BCUT2D eigenvalue weighted by Gasteiger charge is 2.13. The van der Waals surface area contributed by atoms with Gasteiger partial charge in [-0.05, 0) is 12.1 Å². The highest BCUT2D eigenvalue weighted by atomic mass is 16.4. The summed E-state index contributed by atoms with van der Waals surface area (Å²) in [5.74, 6) is -0.456. The average Bonchev–Trinajstić information content (AvgIpc) is 2.73. The molecule has 2 aromatic rings. The van der Waals surface area contributed by atoms with E-state index in [0.717, 1.165) is 0 Å². The summed E-state index contributed by atoms with van der Waals surface area (Å²) in [6.07, 6.45) is 1.58. The number of aliphatic hydroxyl groups excluding tert-OH is 1. The van der Waals surface area contributed by atoms with Crippen molar-refractivity contribution in [3.05, 3.63) is 41.4 Å². The van der Waals surface area contributed by atoms with Crippen molar-refractivity contribution in [1.29, 1.82) is 0 Å². The van der Waals surface area contributed by atoms with Crippen molar-refractivity contribution in [2.24, 2.45) is 7.05 Å². The molecule has 1 heterocycles. The van der Waals surface area contributed by atoms with Crippen LogP contribution in [0.1, 0.15) is 0 Å². The molecule has 112 valence electrons. The molecule has 2 rings (SSSR count). The molecule has 7 nitrogen and oxygen atoms in total. The standard InChI is InChI=1S/C14H17N3O4/c1-3-6-17(7-8-18)13(19)15-10-4-5-11-12(9-10)21-14(20)16(11)2/h3-5,9,18H,1,6-8H2,2H3,(H,15,19). The zero-order chi connectivity index (χ0) is 15.4. The van der Waals surface area contributed by atoms with Crippen LogP contribution in [0.2, 0.25) is 0 Å². The maximum Gasteiger partial charge on any atom is 0.419 e. The normalized spacial score (nSPS) is 10.6. The van der Waals surface area contributed by atoms with Gasteiger partial charge in [-0.2, -0.15) is 0 Å². The summed E-state index contributed by atoms with van der Waals surface area (Å²) in [6, 6.07) is 4.60. The van der Waals surface area contributed by atoms with Gasteiger partial charge < -0.3 is 19.7 Å². The predicted molar refractivity (Wildman–Crippen MR) is 79.3 cm³/mol. The van der Waals surface area contributed by atoms with Gasteiger partial charge in [0.25, 0.3) is 0 Å². The van der Waals surface area contributed by atoms with E-state index in [1.165, 1.54) is 9.47 Å². The Morgan fingerprint density at radius 2 is 2.33 bits per heavy atom. The van der Waals surface area contributed by atoms with Gasteiger partial charge in [0.15, 0.2) is 5.58 Å². The molecule has 2 N–H and O–H groups in total. The molecule has 0 unspecified atom stereocenters. The van der Waals surface area contributed by atoms with E-state index in [9.17, 15) is 9.59 Å². The van der Waals surface area contributed by atoms with Gasteiger partial charge in [0, 0.05) is 31.9 Å². The molecule has 2 amide bonds. The van der Waals surface area contributed by atoms with Crippen LogP contribution in [0, 0.1) is 0 Å². The summed E-state index contributed by atoms with van der Waals surface area (Å²) in [5.41, 5.74) is 1.56. The predicted octanol–water partition coefficient (Wildman–Crippen LogP) is 1.14. The Bertz CT molecular complexity index is 717. The minimum atomic E-state index is -0.456. The number of nitrogens with one attached hydrogen (secondary N) is 1. The summed E-state index contributed by atoms with van der Waals surface area (Å²) in [5, 5.41) is 11.6. The molecule has 21 heavy (non-hydrogen) atoms. The summed E-state index contributed by atoms with van der Waals surface area (Å²) in [6.45, 7) is 3.98. The Kier molecular flexibility index (Phi) is 4.44.